The SMILES string of the molecule is CCc1ccccc1.COc1ccc(OCCCN2CCN(CCOC(C)=O)CC2)cc1.Cl.Cl. The highest BCUT2D eigenvalue weighted by Gasteiger charge is 2.16. The normalized spacial score (nSPS) is 13.4. The van der Waals surface area contributed by atoms with Gasteiger partial charge in [0.15, 0.2) is 0 Å². The first kappa shape index (κ1) is 32.0. The fraction of sp³-hybridized carbons (Fsp3) is 0.500. The first-order chi connectivity index (χ1) is 15.6. The van der Waals surface area contributed by atoms with Crippen LogP contribution < -0.4 is 9.47 Å². The molecular formula is C26H40Cl2N2O4. The molecule has 2 aromatic carbocycles. The minimum absolute atomic E-state index is 0. The van der Waals surface area contributed by atoms with E-state index < -0.39 is 0 Å². The number of nitrogens with zero attached hydrogens (tertiary/aromatic N) is 2. The average Bonchev–Trinajstić information content (AvgIpc) is 2.84. The van der Waals surface area contributed by atoms with E-state index in [1.54, 1.807) is 7.11 Å². The predicted octanol–water partition coefficient (Wildman–Crippen LogP) is 4.74. The minimum atomic E-state index is -0.203. The first-order valence-corrected chi connectivity index (χ1v) is 11.5. The van der Waals surface area contributed by atoms with Crippen LogP contribution in [-0.4, -0.2) is 75.4 Å². The summed E-state index contributed by atoms with van der Waals surface area (Å²) in [4.78, 5) is 15.6. The van der Waals surface area contributed by atoms with E-state index in [2.05, 4.69) is 41.0 Å². The fourth-order valence-electron chi connectivity index (χ4n) is 3.42. The molecule has 0 spiro atoms. The van der Waals surface area contributed by atoms with Gasteiger partial charge >= 0.3 is 5.97 Å². The maximum Gasteiger partial charge on any atom is 0.302 e. The van der Waals surface area contributed by atoms with Crippen molar-refractivity contribution in [2.45, 2.75) is 26.7 Å². The third-order valence-electron chi connectivity index (χ3n) is 5.38. The second-order valence-corrected chi connectivity index (χ2v) is 7.74. The highest BCUT2D eigenvalue weighted by atomic mass is 35.5. The summed E-state index contributed by atoms with van der Waals surface area (Å²) < 4.78 is 15.9. The van der Waals surface area contributed by atoms with Crippen LogP contribution in [0.5, 0.6) is 11.5 Å². The first-order valence-electron chi connectivity index (χ1n) is 11.5. The van der Waals surface area contributed by atoms with Crippen molar-refractivity contribution < 1.29 is 19.0 Å². The highest BCUT2D eigenvalue weighted by molar-refractivity contribution is 5.85. The van der Waals surface area contributed by atoms with Gasteiger partial charge in [0.1, 0.15) is 18.1 Å². The number of halogens is 2. The molecule has 0 atom stereocenters. The Hall–Kier alpha value is -1.99. The number of benzene rings is 2. The number of hydrogen-bond acceptors (Lipinski definition) is 6. The maximum absolute atomic E-state index is 10.8. The van der Waals surface area contributed by atoms with Gasteiger partial charge in [-0.25, -0.2) is 0 Å². The molecule has 0 aliphatic carbocycles. The van der Waals surface area contributed by atoms with Gasteiger partial charge < -0.3 is 19.1 Å². The predicted molar refractivity (Wildman–Crippen MR) is 143 cm³/mol. The van der Waals surface area contributed by atoms with Crippen molar-refractivity contribution in [1.82, 2.24) is 9.80 Å². The smallest absolute Gasteiger partial charge is 0.302 e. The Morgan fingerprint density at radius 3 is 1.88 bits per heavy atom. The van der Waals surface area contributed by atoms with E-state index in [1.807, 2.05) is 30.3 Å². The van der Waals surface area contributed by atoms with Crippen LogP contribution in [0, 0.1) is 0 Å². The molecule has 0 amide bonds. The highest BCUT2D eigenvalue weighted by Crippen LogP contribution is 2.17. The zero-order valence-corrected chi connectivity index (χ0v) is 22.2. The van der Waals surface area contributed by atoms with Crippen LogP contribution in [0.15, 0.2) is 54.6 Å². The third kappa shape index (κ3) is 13.7. The molecule has 6 nitrogen and oxygen atoms in total. The largest absolute Gasteiger partial charge is 0.497 e. The van der Waals surface area contributed by atoms with Gasteiger partial charge in [0.2, 0.25) is 0 Å². The van der Waals surface area contributed by atoms with Gasteiger partial charge in [-0.05, 0) is 42.7 Å². The Kier molecular flexibility index (Phi) is 18.2. The van der Waals surface area contributed by atoms with Gasteiger partial charge in [-0.2, -0.15) is 0 Å². The van der Waals surface area contributed by atoms with Crippen LogP contribution in [0.3, 0.4) is 0 Å². The number of carbonyl (C=O) groups is 1. The molecule has 3 rings (SSSR count). The number of rotatable bonds is 10. The van der Waals surface area contributed by atoms with Crippen LogP contribution in [0.1, 0.15) is 25.8 Å². The molecule has 8 heteroatoms. The quantitative estimate of drug-likeness (QED) is 0.337. The van der Waals surface area contributed by atoms with Crippen molar-refractivity contribution in [2.24, 2.45) is 0 Å². The summed E-state index contributed by atoms with van der Waals surface area (Å²) >= 11 is 0. The lowest BCUT2D eigenvalue weighted by Gasteiger charge is -2.34. The maximum atomic E-state index is 10.8. The Morgan fingerprint density at radius 2 is 1.38 bits per heavy atom. The Morgan fingerprint density at radius 1 is 0.824 bits per heavy atom. The molecule has 0 saturated carbocycles. The Labute approximate surface area is 217 Å². The van der Waals surface area contributed by atoms with Crippen molar-refractivity contribution in [3.05, 3.63) is 60.2 Å². The molecule has 0 radical (unpaired) electrons. The third-order valence-corrected chi connectivity index (χ3v) is 5.38. The van der Waals surface area contributed by atoms with Gasteiger partial charge in [0.05, 0.1) is 13.7 Å². The number of carbonyl (C=O) groups excluding carboxylic acids is 1. The molecule has 0 unspecified atom stereocenters. The van der Waals surface area contributed by atoms with Gasteiger partial charge in [-0.1, -0.05) is 37.3 Å². The zero-order chi connectivity index (χ0) is 23.0. The van der Waals surface area contributed by atoms with Gasteiger partial charge in [0.25, 0.3) is 0 Å². The molecule has 1 aliphatic rings. The van der Waals surface area contributed by atoms with Crippen LogP contribution in [0.4, 0.5) is 0 Å². The van der Waals surface area contributed by atoms with E-state index in [1.165, 1.54) is 12.5 Å². The Bertz CT molecular complexity index is 755. The van der Waals surface area contributed by atoms with Gasteiger partial charge in [-0.3, -0.25) is 9.69 Å². The number of aryl methyl sites for hydroxylation is 1. The summed E-state index contributed by atoms with van der Waals surface area (Å²) in [7, 11) is 1.66. The number of piperazine rings is 1. The molecule has 1 fully saturated rings. The molecule has 1 heterocycles. The van der Waals surface area contributed by atoms with Crippen LogP contribution in [-0.2, 0) is 16.0 Å². The minimum Gasteiger partial charge on any atom is -0.497 e. The average molecular weight is 516 g/mol. The summed E-state index contributed by atoms with van der Waals surface area (Å²) in [6.45, 7) is 10.9. The monoisotopic (exact) mass is 514 g/mol. The van der Waals surface area contributed by atoms with Crippen LogP contribution in [0.2, 0.25) is 0 Å². The van der Waals surface area contributed by atoms with E-state index in [-0.39, 0.29) is 30.8 Å². The second-order valence-electron chi connectivity index (χ2n) is 7.74. The molecule has 192 valence electrons. The van der Waals surface area contributed by atoms with Crippen molar-refractivity contribution in [1.29, 1.82) is 0 Å². The lowest BCUT2D eigenvalue weighted by molar-refractivity contribution is -0.141. The van der Waals surface area contributed by atoms with E-state index in [4.69, 9.17) is 14.2 Å². The number of esters is 1. The zero-order valence-electron chi connectivity index (χ0n) is 20.6. The molecule has 0 aromatic heterocycles. The number of hydrogen-bond donors (Lipinski definition) is 0. The topological polar surface area (TPSA) is 51.2 Å². The summed E-state index contributed by atoms with van der Waals surface area (Å²) in [6, 6.07) is 18.1. The van der Waals surface area contributed by atoms with Crippen molar-refractivity contribution in [3.63, 3.8) is 0 Å². The van der Waals surface area contributed by atoms with Crippen molar-refractivity contribution >= 4 is 30.8 Å². The van der Waals surface area contributed by atoms with E-state index >= 15 is 0 Å². The van der Waals surface area contributed by atoms with E-state index in [9.17, 15) is 4.79 Å². The lowest BCUT2D eigenvalue weighted by Crippen LogP contribution is -2.47. The molecule has 34 heavy (non-hydrogen) atoms. The summed E-state index contributed by atoms with van der Waals surface area (Å²) in [5, 5.41) is 0. The lowest BCUT2D eigenvalue weighted by atomic mass is 10.2. The molecule has 1 saturated heterocycles. The molecule has 1 aliphatic heterocycles. The summed E-state index contributed by atoms with van der Waals surface area (Å²) in [5.74, 6) is 1.52. The second kappa shape index (κ2) is 19.3. The van der Waals surface area contributed by atoms with E-state index in [0.29, 0.717) is 6.61 Å². The molecular weight excluding hydrogens is 475 g/mol. The standard InChI is InChI=1S/C18H28N2O4.C8H10.2ClH/c1-16(21)23-15-13-20-11-9-19(10-12-20)8-3-14-24-18-6-4-17(22-2)5-7-18;1-2-8-6-4-3-5-7-8;;/h4-7H,3,8-15H2,1-2H3;3-7H,2H2,1H3;2*1H. The van der Waals surface area contributed by atoms with Crippen molar-refractivity contribution in [3.8, 4) is 11.5 Å². The number of methoxy groups -OCH3 is 1. The van der Waals surface area contributed by atoms with Crippen molar-refractivity contribution in [2.75, 3.05) is 59.6 Å². The summed E-state index contributed by atoms with van der Waals surface area (Å²) in [5.41, 5.74) is 1.41. The molecule has 0 bridgehead atoms. The summed E-state index contributed by atoms with van der Waals surface area (Å²) in [6.07, 6.45) is 2.15. The van der Waals surface area contributed by atoms with Gasteiger partial charge in [-0.15, -0.1) is 24.8 Å². The molecule has 2 aromatic rings. The van der Waals surface area contributed by atoms with Gasteiger partial charge in [0, 0.05) is 46.2 Å². The van der Waals surface area contributed by atoms with Crippen LogP contribution >= 0.6 is 24.8 Å². The fourth-order valence-corrected chi connectivity index (χ4v) is 3.42. The van der Waals surface area contributed by atoms with E-state index in [0.717, 1.165) is 70.2 Å². The Balaban J connectivity index is 0.000000927. The number of ether oxygens (including phenoxy) is 3. The van der Waals surface area contributed by atoms with Crippen LogP contribution in [0.25, 0.3) is 0 Å². The molecule has 0 N–H and O–H groups in total.